The average molecular weight is 684 g/mol. The molecule has 7 rings (SSSR count). The number of carbonyl (C=O) groups excluding carboxylic acids is 2. The number of aromatic nitrogens is 2. The van der Waals surface area contributed by atoms with Gasteiger partial charge in [0.1, 0.15) is 18.5 Å². The van der Waals surface area contributed by atoms with Crippen molar-refractivity contribution in [2.75, 3.05) is 63.2 Å². The molecular weight excluding hydrogens is 642 g/mol. The number of rotatable bonds is 5. The molecule has 0 saturated carbocycles. The molecule has 2 amide bonds. The van der Waals surface area contributed by atoms with Gasteiger partial charge in [0.05, 0.1) is 23.3 Å². The Morgan fingerprint density at radius 2 is 1.86 bits per heavy atom. The van der Waals surface area contributed by atoms with Gasteiger partial charge in [-0.1, -0.05) is 66.2 Å². The summed E-state index contributed by atoms with van der Waals surface area (Å²) < 4.78 is 12.2. The molecule has 12 heteroatoms. The Morgan fingerprint density at radius 1 is 1.04 bits per heavy atom. The lowest BCUT2D eigenvalue weighted by atomic mass is 10.00. The lowest BCUT2D eigenvalue weighted by molar-refractivity contribution is -0.121. The van der Waals surface area contributed by atoms with E-state index in [1.807, 2.05) is 56.6 Å². The minimum Gasteiger partial charge on any atom is -0.459 e. The van der Waals surface area contributed by atoms with Crippen LogP contribution < -0.4 is 19.9 Å². The number of piperazine rings is 1. The predicted octanol–water partition coefficient (Wildman–Crippen LogP) is 4.89. The van der Waals surface area contributed by atoms with E-state index >= 15 is 0 Å². The number of likely N-dealkylation sites (N-methyl/N-ethyl adjacent to an activating group) is 1. The van der Waals surface area contributed by atoms with Gasteiger partial charge >= 0.3 is 12.1 Å². The van der Waals surface area contributed by atoms with Crippen LogP contribution in [0.1, 0.15) is 29.7 Å². The highest BCUT2D eigenvalue weighted by Crippen LogP contribution is 2.38. The van der Waals surface area contributed by atoms with Crippen LogP contribution in [-0.4, -0.2) is 97.3 Å². The molecule has 2 bridgehead atoms. The molecule has 3 aliphatic heterocycles. The van der Waals surface area contributed by atoms with Crippen LogP contribution >= 0.6 is 11.6 Å². The predicted molar refractivity (Wildman–Crippen MR) is 190 cm³/mol. The Morgan fingerprint density at radius 3 is 2.67 bits per heavy atom. The molecule has 49 heavy (non-hydrogen) atoms. The molecule has 1 fully saturated rings. The summed E-state index contributed by atoms with van der Waals surface area (Å²) in [6, 6.07) is 21.9. The monoisotopic (exact) mass is 683 g/mol. The fourth-order valence-corrected chi connectivity index (χ4v) is 7.39. The maximum Gasteiger partial charge on any atom is 0.410 e. The summed E-state index contributed by atoms with van der Waals surface area (Å²) >= 11 is 6.74. The molecule has 2 unspecified atom stereocenters. The van der Waals surface area contributed by atoms with Crippen LogP contribution in [0.2, 0.25) is 5.02 Å². The van der Waals surface area contributed by atoms with E-state index in [9.17, 15) is 9.59 Å². The van der Waals surface area contributed by atoms with Crippen LogP contribution in [0.3, 0.4) is 0 Å². The van der Waals surface area contributed by atoms with Gasteiger partial charge < -0.3 is 34.4 Å². The topological polar surface area (TPSA) is 103 Å². The van der Waals surface area contributed by atoms with Gasteiger partial charge in [-0.3, -0.25) is 4.79 Å². The largest absolute Gasteiger partial charge is 0.459 e. The Hall–Kier alpha value is -4.61. The third kappa shape index (κ3) is 7.38. The maximum atomic E-state index is 13.3. The smallest absolute Gasteiger partial charge is 0.410 e. The van der Waals surface area contributed by atoms with Crippen LogP contribution in [0.25, 0.3) is 10.8 Å². The van der Waals surface area contributed by atoms with Crippen LogP contribution in [0.5, 0.6) is 6.01 Å². The molecule has 2 atom stereocenters. The van der Waals surface area contributed by atoms with Crippen LogP contribution in [-0.2, 0) is 29.1 Å². The SMILES string of the molecule is CN(C)CC1CCNC(=O)CC2CN(C(=O)OCc3ccccc3)CCN2c2nc(nc3c2CCN(c2cccc4cccc(Cl)c24)C3)O1. The highest BCUT2D eigenvalue weighted by atomic mass is 35.5. The van der Waals surface area contributed by atoms with Crippen molar-refractivity contribution >= 4 is 45.9 Å². The van der Waals surface area contributed by atoms with Gasteiger partial charge in [-0.15, -0.1) is 0 Å². The summed E-state index contributed by atoms with van der Waals surface area (Å²) in [6.07, 6.45) is 0.915. The first-order chi connectivity index (χ1) is 23.8. The van der Waals surface area contributed by atoms with Crippen molar-refractivity contribution < 1.29 is 19.1 Å². The zero-order valence-electron chi connectivity index (χ0n) is 28.0. The van der Waals surface area contributed by atoms with Crippen molar-refractivity contribution in [2.45, 2.75) is 44.6 Å². The van der Waals surface area contributed by atoms with Gasteiger partial charge in [-0.25, -0.2) is 4.79 Å². The number of carbonyl (C=O) groups is 2. The quantitative estimate of drug-likeness (QED) is 0.315. The van der Waals surface area contributed by atoms with E-state index in [1.54, 1.807) is 4.90 Å². The molecule has 0 aliphatic carbocycles. The van der Waals surface area contributed by atoms with Gasteiger partial charge in [0.2, 0.25) is 5.91 Å². The van der Waals surface area contributed by atoms with Gasteiger partial charge in [-0.05, 0) is 43.6 Å². The first kappa shape index (κ1) is 32.9. The molecule has 1 N–H and O–H groups in total. The molecule has 11 nitrogen and oxygen atoms in total. The van der Waals surface area contributed by atoms with E-state index in [1.165, 1.54) is 0 Å². The zero-order valence-corrected chi connectivity index (χ0v) is 28.7. The first-order valence-corrected chi connectivity index (χ1v) is 17.3. The normalized spacial score (nSPS) is 19.7. The summed E-state index contributed by atoms with van der Waals surface area (Å²) in [5, 5.41) is 5.91. The zero-order chi connectivity index (χ0) is 33.9. The number of halogens is 1. The number of fused-ring (bicyclic) bond motifs is 7. The van der Waals surface area contributed by atoms with Crippen molar-refractivity contribution in [1.82, 2.24) is 25.1 Å². The summed E-state index contributed by atoms with van der Waals surface area (Å²) in [5.41, 5.74) is 3.92. The molecule has 256 valence electrons. The maximum absolute atomic E-state index is 13.3. The minimum atomic E-state index is -0.389. The molecule has 3 aliphatic rings. The highest BCUT2D eigenvalue weighted by Gasteiger charge is 2.36. The van der Waals surface area contributed by atoms with Gasteiger partial charge in [0.25, 0.3) is 0 Å². The van der Waals surface area contributed by atoms with Gasteiger partial charge in [0.15, 0.2) is 0 Å². The van der Waals surface area contributed by atoms with Crippen LogP contribution in [0.15, 0.2) is 66.7 Å². The first-order valence-electron chi connectivity index (χ1n) is 16.9. The fourth-order valence-electron chi connectivity index (χ4n) is 7.11. The lowest BCUT2D eigenvalue weighted by Gasteiger charge is -2.43. The second-order valence-electron chi connectivity index (χ2n) is 13.2. The van der Waals surface area contributed by atoms with E-state index in [0.29, 0.717) is 63.1 Å². The number of hydrogen-bond donors (Lipinski definition) is 1. The lowest BCUT2D eigenvalue weighted by Crippen LogP contribution is -2.57. The van der Waals surface area contributed by atoms with Crippen molar-refractivity contribution in [1.29, 1.82) is 0 Å². The molecule has 4 aromatic rings. The molecule has 0 radical (unpaired) electrons. The summed E-state index contributed by atoms with van der Waals surface area (Å²) in [4.78, 5) is 45.0. The van der Waals surface area contributed by atoms with Gasteiger partial charge in [-0.2, -0.15) is 9.97 Å². The van der Waals surface area contributed by atoms with E-state index in [-0.39, 0.29) is 37.2 Å². The molecule has 1 aromatic heterocycles. The Balaban J connectivity index is 1.22. The second-order valence-corrected chi connectivity index (χ2v) is 13.6. The summed E-state index contributed by atoms with van der Waals surface area (Å²) in [7, 11) is 4.00. The van der Waals surface area contributed by atoms with Crippen molar-refractivity contribution in [3.05, 3.63) is 88.6 Å². The van der Waals surface area contributed by atoms with E-state index < -0.39 is 0 Å². The Kier molecular flexibility index (Phi) is 9.72. The van der Waals surface area contributed by atoms with E-state index in [4.69, 9.17) is 31.0 Å². The summed E-state index contributed by atoms with van der Waals surface area (Å²) in [5.74, 6) is 0.704. The molecule has 0 spiro atoms. The Labute approximate surface area is 291 Å². The Bertz CT molecular complexity index is 1820. The van der Waals surface area contributed by atoms with E-state index in [0.717, 1.165) is 45.6 Å². The molecule has 3 aromatic carbocycles. The number of amides is 2. The van der Waals surface area contributed by atoms with Crippen molar-refractivity contribution in [2.24, 2.45) is 0 Å². The van der Waals surface area contributed by atoms with Crippen LogP contribution in [0, 0.1) is 0 Å². The standard InChI is InChI=1S/C37H42ClN7O4/c1-42(2)22-28-14-16-39-33(46)20-27-21-44(37(47)48-24-25-8-4-3-5-9-25)18-19-45(27)35-29-15-17-43(23-31(29)40-36(41-35)49-28)32-13-7-11-26-10-6-12-30(38)34(26)32/h3-13,27-28H,14-24H2,1-2H3,(H,39,46). The number of benzene rings is 3. The number of nitrogens with one attached hydrogen (secondary N) is 1. The molecular formula is C37H42ClN7O4. The number of hydrogen-bond acceptors (Lipinski definition) is 9. The minimum absolute atomic E-state index is 0.0687. The number of ether oxygens (including phenoxy) is 2. The average Bonchev–Trinajstić information content (AvgIpc) is 3.09. The van der Waals surface area contributed by atoms with Crippen LogP contribution in [0.4, 0.5) is 16.3 Å². The fraction of sp³-hybridized carbons (Fsp3) is 0.405. The number of nitrogens with zero attached hydrogens (tertiary/aromatic N) is 6. The second kappa shape index (κ2) is 14.5. The third-order valence-corrected chi connectivity index (χ3v) is 9.78. The van der Waals surface area contributed by atoms with Crippen molar-refractivity contribution in [3.8, 4) is 6.01 Å². The third-order valence-electron chi connectivity index (χ3n) is 9.46. The summed E-state index contributed by atoms with van der Waals surface area (Å²) in [6.45, 7) is 3.86. The van der Waals surface area contributed by atoms with Crippen molar-refractivity contribution in [3.63, 3.8) is 0 Å². The molecule has 1 saturated heterocycles. The van der Waals surface area contributed by atoms with Gasteiger partial charge in [0, 0.05) is 68.7 Å². The van der Waals surface area contributed by atoms with E-state index in [2.05, 4.69) is 44.3 Å². The highest BCUT2D eigenvalue weighted by molar-refractivity contribution is 6.36. The molecule has 4 heterocycles. The number of anilines is 2.